The lowest BCUT2D eigenvalue weighted by Gasteiger charge is -2.25. The van der Waals surface area contributed by atoms with E-state index in [-0.39, 0.29) is 12.6 Å². The average molecular weight is 477 g/mol. The average Bonchev–Trinajstić information content (AvgIpc) is 2.89. The fourth-order valence-corrected chi connectivity index (χ4v) is 3.63. The van der Waals surface area contributed by atoms with E-state index in [1.54, 1.807) is 12.3 Å². The number of carbonyl (C=O) groups excluding carboxylic acids is 2. The molecule has 10 nitrogen and oxygen atoms in total. The van der Waals surface area contributed by atoms with Crippen LogP contribution in [-0.2, 0) is 19.1 Å². The van der Waals surface area contributed by atoms with Crippen LogP contribution < -0.4 is 10.6 Å². The molecule has 2 N–H and O–H groups in total. The van der Waals surface area contributed by atoms with Gasteiger partial charge < -0.3 is 20.1 Å². The largest absolute Gasteiger partial charge is 0.461 e. The number of morpholine rings is 1. The number of esters is 1. The van der Waals surface area contributed by atoms with Crippen molar-refractivity contribution in [1.82, 2.24) is 19.9 Å². The molecule has 3 aromatic rings. The zero-order chi connectivity index (χ0) is 24.5. The smallest absolute Gasteiger partial charge is 0.330 e. The number of fused-ring (bicyclic) bond motifs is 1. The standard InChI is InChI=1S/C25H28N6O4/c1-18(19-5-3-2-4-6-19)29-25-20-15-22(26-16-21(20)27-17-28-25)30-23(32)7-8-24(33)35-14-11-31-9-12-34-13-10-31/h2-8,15-18H,9-14H2,1H3,(H,26,30,32)(H,27,28,29)/b8-7+. The van der Waals surface area contributed by atoms with Gasteiger partial charge in [0.1, 0.15) is 24.6 Å². The summed E-state index contributed by atoms with van der Waals surface area (Å²) in [6, 6.07) is 11.7. The Morgan fingerprint density at radius 3 is 2.74 bits per heavy atom. The van der Waals surface area contributed by atoms with Gasteiger partial charge in [0.15, 0.2) is 0 Å². The molecule has 0 saturated carbocycles. The van der Waals surface area contributed by atoms with E-state index in [0.29, 0.717) is 42.3 Å². The van der Waals surface area contributed by atoms with Gasteiger partial charge >= 0.3 is 5.97 Å². The lowest BCUT2D eigenvalue weighted by atomic mass is 10.1. The topological polar surface area (TPSA) is 119 Å². The SMILES string of the molecule is CC(Nc1ncnc2cnc(NC(=O)/C=C/C(=O)OCCN3CCOCC3)cc12)c1ccccc1. The molecule has 1 saturated heterocycles. The summed E-state index contributed by atoms with van der Waals surface area (Å²) in [7, 11) is 0. The number of rotatable bonds is 9. The maximum atomic E-state index is 12.3. The van der Waals surface area contributed by atoms with Gasteiger partial charge in [0.2, 0.25) is 5.91 Å². The number of anilines is 2. The van der Waals surface area contributed by atoms with E-state index in [4.69, 9.17) is 9.47 Å². The molecule has 1 unspecified atom stereocenters. The summed E-state index contributed by atoms with van der Waals surface area (Å²) in [5.74, 6) is -0.123. The van der Waals surface area contributed by atoms with Gasteiger partial charge in [-0.2, -0.15) is 0 Å². The molecular formula is C25H28N6O4. The second-order valence-electron chi connectivity index (χ2n) is 8.03. The van der Waals surface area contributed by atoms with Gasteiger partial charge in [-0.05, 0) is 18.6 Å². The summed E-state index contributed by atoms with van der Waals surface area (Å²) in [5, 5.41) is 6.76. The molecule has 3 heterocycles. The number of hydrogen-bond donors (Lipinski definition) is 2. The van der Waals surface area contributed by atoms with E-state index >= 15 is 0 Å². The monoisotopic (exact) mass is 476 g/mol. The summed E-state index contributed by atoms with van der Waals surface area (Å²) in [5.41, 5.74) is 1.75. The van der Waals surface area contributed by atoms with Crippen LogP contribution in [0.1, 0.15) is 18.5 Å². The number of carbonyl (C=O) groups is 2. The third kappa shape index (κ3) is 7.05. The van der Waals surface area contributed by atoms with E-state index in [9.17, 15) is 9.59 Å². The molecular weight excluding hydrogens is 448 g/mol. The summed E-state index contributed by atoms with van der Waals surface area (Å²) in [6.07, 6.45) is 5.26. The first-order valence-corrected chi connectivity index (χ1v) is 11.5. The zero-order valence-corrected chi connectivity index (χ0v) is 19.5. The Labute approximate surface area is 203 Å². The Balaban J connectivity index is 1.34. The van der Waals surface area contributed by atoms with Crippen molar-refractivity contribution in [3.05, 3.63) is 66.6 Å². The maximum Gasteiger partial charge on any atom is 0.330 e. The number of aromatic nitrogens is 3. The molecule has 1 atom stereocenters. The van der Waals surface area contributed by atoms with Gasteiger partial charge in [0.25, 0.3) is 0 Å². The second-order valence-corrected chi connectivity index (χ2v) is 8.03. The molecule has 35 heavy (non-hydrogen) atoms. The highest BCUT2D eigenvalue weighted by Gasteiger charge is 2.12. The van der Waals surface area contributed by atoms with E-state index in [1.165, 1.54) is 6.33 Å². The fraction of sp³-hybridized carbons (Fsp3) is 0.320. The highest BCUT2D eigenvalue weighted by Crippen LogP contribution is 2.25. The Kier molecular flexibility index (Phi) is 8.31. The number of nitrogens with one attached hydrogen (secondary N) is 2. The van der Waals surface area contributed by atoms with Crippen LogP contribution in [0.15, 0.2) is 61.1 Å². The van der Waals surface area contributed by atoms with Crippen molar-refractivity contribution in [2.45, 2.75) is 13.0 Å². The van der Waals surface area contributed by atoms with Crippen LogP contribution in [0.2, 0.25) is 0 Å². The lowest BCUT2D eigenvalue weighted by molar-refractivity contribution is -0.138. The number of pyridine rings is 1. The predicted molar refractivity (Wildman–Crippen MR) is 132 cm³/mol. The molecule has 0 radical (unpaired) electrons. The maximum absolute atomic E-state index is 12.3. The molecule has 182 valence electrons. The molecule has 0 bridgehead atoms. The van der Waals surface area contributed by atoms with E-state index in [0.717, 1.165) is 30.8 Å². The Bertz CT molecular complexity index is 1180. The number of ether oxygens (including phenoxy) is 2. The predicted octanol–water partition coefficient (Wildman–Crippen LogP) is 2.57. The van der Waals surface area contributed by atoms with Crippen molar-refractivity contribution in [1.29, 1.82) is 0 Å². The molecule has 4 rings (SSSR count). The molecule has 0 aliphatic carbocycles. The summed E-state index contributed by atoms with van der Waals surface area (Å²) >= 11 is 0. The van der Waals surface area contributed by atoms with Crippen molar-refractivity contribution in [3.63, 3.8) is 0 Å². The second kappa shape index (κ2) is 12.0. The van der Waals surface area contributed by atoms with Crippen molar-refractivity contribution in [2.24, 2.45) is 0 Å². The van der Waals surface area contributed by atoms with Crippen molar-refractivity contribution < 1.29 is 19.1 Å². The molecule has 1 aromatic carbocycles. The van der Waals surface area contributed by atoms with Gasteiger partial charge in [-0.1, -0.05) is 30.3 Å². The third-order valence-electron chi connectivity index (χ3n) is 5.55. The van der Waals surface area contributed by atoms with Crippen molar-refractivity contribution in [2.75, 3.05) is 50.1 Å². The number of amides is 1. The van der Waals surface area contributed by atoms with Gasteiger partial charge in [-0.15, -0.1) is 0 Å². The molecule has 1 aliphatic rings. The van der Waals surface area contributed by atoms with Crippen LogP contribution in [0, 0.1) is 0 Å². The Morgan fingerprint density at radius 1 is 1.14 bits per heavy atom. The third-order valence-corrected chi connectivity index (χ3v) is 5.55. The molecule has 10 heteroatoms. The first kappa shape index (κ1) is 24.2. The first-order chi connectivity index (χ1) is 17.1. The molecule has 0 spiro atoms. The van der Waals surface area contributed by atoms with E-state index in [1.807, 2.05) is 37.3 Å². The quantitative estimate of drug-likeness (QED) is 0.355. The van der Waals surface area contributed by atoms with Gasteiger partial charge in [0.05, 0.1) is 24.9 Å². The summed E-state index contributed by atoms with van der Waals surface area (Å²) < 4.78 is 10.4. The summed E-state index contributed by atoms with van der Waals surface area (Å²) in [4.78, 5) is 39.2. The number of nitrogens with zero attached hydrogens (tertiary/aromatic N) is 4. The van der Waals surface area contributed by atoms with Crippen LogP contribution in [-0.4, -0.2) is 71.2 Å². The normalized spacial score (nSPS) is 15.1. The van der Waals surface area contributed by atoms with Crippen LogP contribution in [0.25, 0.3) is 10.9 Å². The number of hydrogen-bond acceptors (Lipinski definition) is 9. The van der Waals surface area contributed by atoms with Gasteiger partial charge in [-0.25, -0.2) is 19.7 Å². The fourth-order valence-electron chi connectivity index (χ4n) is 3.63. The zero-order valence-electron chi connectivity index (χ0n) is 19.5. The van der Waals surface area contributed by atoms with Gasteiger partial charge in [0, 0.05) is 43.2 Å². The van der Waals surface area contributed by atoms with E-state index in [2.05, 4.69) is 30.5 Å². The Hall–Kier alpha value is -3.89. The molecule has 2 aromatic heterocycles. The highest BCUT2D eigenvalue weighted by molar-refractivity contribution is 6.03. The molecule has 1 amide bonds. The first-order valence-electron chi connectivity index (χ1n) is 11.5. The van der Waals surface area contributed by atoms with Gasteiger partial charge in [-0.3, -0.25) is 9.69 Å². The minimum absolute atomic E-state index is 0.0118. The molecule has 1 fully saturated rings. The summed E-state index contributed by atoms with van der Waals surface area (Å²) in [6.45, 7) is 5.95. The van der Waals surface area contributed by atoms with Crippen LogP contribution >= 0.6 is 0 Å². The van der Waals surface area contributed by atoms with Crippen LogP contribution in [0.4, 0.5) is 11.6 Å². The van der Waals surface area contributed by atoms with E-state index < -0.39 is 11.9 Å². The van der Waals surface area contributed by atoms with Crippen molar-refractivity contribution >= 4 is 34.4 Å². The Morgan fingerprint density at radius 2 is 1.94 bits per heavy atom. The van der Waals surface area contributed by atoms with Crippen LogP contribution in [0.3, 0.4) is 0 Å². The molecule has 1 aliphatic heterocycles. The van der Waals surface area contributed by atoms with Crippen molar-refractivity contribution in [3.8, 4) is 0 Å². The highest BCUT2D eigenvalue weighted by atomic mass is 16.5. The lowest BCUT2D eigenvalue weighted by Crippen LogP contribution is -2.38. The minimum atomic E-state index is -0.574. The minimum Gasteiger partial charge on any atom is -0.461 e. The number of benzene rings is 1. The van der Waals surface area contributed by atoms with Crippen LogP contribution in [0.5, 0.6) is 0 Å².